The normalized spacial score (nSPS) is 14.6. The van der Waals surface area contributed by atoms with Gasteiger partial charge in [-0.25, -0.2) is 13.2 Å². The number of aryl methyl sites for hydroxylation is 1. The van der Waals surface area contributed by atoms with Crippen molar-refractivity contribution in [2.45, 2.75) is 24.7 Å². The third-order valence-corrected chi connectivity index (χ3v) is 6.11. The standard InChI is InChI=1S/C15H17N3O4S/c1-10-14(9-16-17(10)2)23(21,22)18-8-4-6-11-12(15(19)20)5-3-7-13(11)18/h3,5,7,9H,4,6,8H2,1-2H3,(H,19,20). The molecule has 1 aliphatic rings. The number of carbonyl (C=O) groups is 1. The van der Waals surface area contributed by atoms with Gasteiger partial charge in [-0.05, 0) is 37.5 Å². The van der Waals surface area contributed by atoms with Gasteiger partial charge in [-0.2, -0.15) is 5.10 Å². The first kappa shape index (κ1) is 15.5. The van der Waals surface area contributed by atoms with Crippen molar-refractivity contribution >= 4 is 21.7 Å². The van der Waals surface area contributed by atoms with Crippen LogP contribution in [-0.4, -0.2) is 35.8 Å². The minimum atomic E-state index is -3.77. The minimum absolute atomic E-state index is 0.147. The molecule has 0 unspecified atom stereocenters. The first-order chi connectivity index (χ1) is 10.8. The molecule has 8 heteroatoms. The lowest BCUT2D eigenvalue weighted by atomic mass is 9.98. The predicted molar refractivity (Wildman–Crippen MR) is 84.2 cm³/mol. The molecule has 23 heavy (non-hydrogen) atoms. The number of nitrogens with zero attached hydrogens (tertiary/aromatic N) is 3. The summed E-state index contributed by atoms with van der Waals surface area (Å²) in [5.41, 5.74) is 1.72. The highest BCUT2D eigenvalue weighted by atomic mass is 32.2. The van der Waals surface area contributed by atoms with Gasteiger partial charge in [-0.15, -0.1) is 0 Å². The third-order valence-electron chi connectivity index (χ3n) is 4.20. The molecular weight excluding hydrogens is 318 g/mol. The molecule has 3 rings (SSSR count). The summed E-state index contributed by atoms with van der Waals surface area (Å²) < 4.78 is 28.8. The second-order valence-electron chi connectivity index (χ2n) is 5.51. The lowest BCUT2D eigenvalue weighted by Crippen LogP contribution is -2.36. The Hall–Kier alpha value is -2.35. The molecule has 0 fully saturated rings. The van der Waals surface area contributed by atoms with Crippen LogP contribution in [0.3, 0.4) is 0 Å². The van der Waals surface area contributed by atoms with Crippen LogP contribution in [0.2, 0.25) is 0 Å². The maximum atomic E-state index is 13.0. The molecule has 0 radical (unpaired) electrons. The zero-order chi connectivity index (χ0) is 16.8. The van der Waals surface area contributed by atoms with Gasteiger partial charge in [0.15, 0.2) is 0 Å². The average Bonchev–Trinajstić information content (AvgIpc) is 2.86. The smallest absolute Gasteiger partial charge is 0.336 e. The number of hydrogen-bond donors (Lipinski definition) is 1. The Morgan fingerprint density at radius 3 is 2.70 bits per heavy atom. The van der Waals surface area contributed by atoms with Crippen molar-refractivity contribution < 1.29 is 18.3 Å². The Kier molecular flexibility index (Phi) is 3.63. The molecule has 2 aromatic rings. The molecule has 0 atom stereocenters. The van der Waals surface area contributed by atoms with Gasteiger partial charge in [0.1, 0.15) is 4.90 Å². The molecule has 7 nitrogen and oxygen atoms in total. The van der Waals surface area contributed by atoms with Crippen molar-refractivity contribution in [3.63, 3.8) is 0 Å². The summed E-state index contributed by atoms with van der Waals surface area (Å²) in [6.07, 6.45) is 2.46. The van der Waals surface area contributed by atoms with Crippen LogP contribution in [0.4, 0.5) is 5.69 Å². The summed E-state index contributed by atoms with van der Waals surface area (Å²) in [5, 5.41) is 13.3. The predicted octanol–water partition coefficient (Wildman–Crippen LogP) is 1.57. The summed E-state index contributed by atoms with van der Waals surface area (Å²) in [7, 11) is -2.09. The molecule has 0 saturated heterocycles. The van der Waals surface area contributed by atoms with Gasteiger partial charge in [0.25, 0.3) is 10.0 Å². The van der Waals surface area contributed by atoms with Crippen LogP contribution in [0.1, 0.15) is 28.0 Å². The Morgan fingerprint density at radius 2 is 2.09 bits per heavy atom. The van der Waals surface area contributed by atoms with Crippen LogP contribution in [0.5, 0.6) is 0 Å². The molecule has 2 heterocycles. The number of carboxylic acids is 1. The van der Waals surface area contributed by atoms with Crippen molar-refractivity contribution in [2.24, 2.45) is 7.05 Å². The number of hydrogen-bond acceptors (Lipinski definition) is 4. The van der Waals surface area contributed by atoms with Gasteiger partial charge in [0.05, 0.1) is 23.1 Å². The van der Waals surface area contributed by atoms with Gasteiger partial charge >= 0.3 is 5.97 Å². The second-order valence-corrected chi connectivity index (χ2v) is 7.34. The van der Waals surface area contributed by atoms with E-state index in [1.807, 2.05) is 0 Å². The first-order valence-electron chi connectivity index (χ1n) is 7.20. The second kappa shape index (κ2) is 5.38. The molecule has 1 aromatic heterocycles. The fourth-order valence-electron chi connectivity index (χ4n) is 2.89. The van der Waals surface area contributed by atoms with E-state index in [2.05, 4.69) is 5.10 Å². The molecule has 1 aliphatic heterocycles. The number of aromatic nitrogens is 2. The Labute approximate surface area is 134 Å². The van der Waals surface area contributed by atoms with Crippen molar-refractivity contribution in [1.29, 1.82) is 0 Å². The van der Waals surface area contributed by atoms with E-state index in [4.69, 9.17) is 0 Å². The van der Waals surface area contributed by atoms with E-state index < -0.39 is 16.0 Å². The van der Waals surface area contributed by atoms with Gasteiger partial charge in [0.2, 0.25) is 0 Å². The lowest BCUT2D eigenvalue weighted by molar-refractivity contribution is 0.0695. The molecule has 0 saturated carbocycles. The van der Waals surface area contributed by atoms with E-state index in [0.717, 1.165) is 0 Å². The summed E-state index contributed by atoms with van der Waals surface area (Å²) >= 11 is 0. The van der Waals surface area contributed by atoms with Gasteiger partial charge in [-0.3, -0.25) is 8.99 Å². The molecule has 0 aliphatic carbocycles. The number of rotatable bonds is 3. The topological polar surface area (TPSA) is 92.5 Å². The Bertz CT molecular complexity index is 886. The van der Waals surface area contributed by atoms with E-state index in [9.17, 15) is 18.3 Å². The minimum Gasteiger partial charge on any atom is -0.478 e. The van der Waals surface area contributed by atoms with Crippen LogP contribution < -0.4 is 4.31 Å². The van der Waals surface area contributed by atoms with Gasteiger partial charge < -0.3 is 5.11 Å². The van der Waals surface area contributed by atoms with Crippen LogP contribution in [0.25, 0.3) is 0 Å². The number of benzene rings is 1. The molecule has 0 amide bonds. The SMILES string of the molecule is Cc1c(S(=O)(=O)N2CCCc3c(C(=O)O)cccc32)cnn1C. The highest BCUT2D eigenvalue weighted by Crippen LogP contribution is 2.34. The van der Waals surface area contributed by atoms with Crippen LogP contribution in [-0.2, 0) is 23.5 Å². The maximum Gasteiger partial charge on any atom is 0.336 e. The number of carboxylic acid groups (broad SMARTS) is 1. The Morgan fingerprint density at radius 1 is 1.35 bits per heavy atom. The van der Waals surface area contributed by atoms with E-state index in [1.165, 1.54) is 21.3 Å². The van der Waals surface area contributed by atoms with Crippen molar-refractivity contribution in [1.82, 2.24) is 9.78 Å². The molecule has 1 N–H and O–H groups in total. The summed E-state index contributed by atoms with van der Waals surface area (Å²) in [6.45, 7) is 2.02. The number of anilines is 1. The summed E-state index contributed by atoms with van der Waals surface area (Å²) in [4.78, 5) is 11.5. The lowest BCUT2D eigenvalue weighted by Gasteiger charge is -2.31. The van der Waals surface area contributed by atoms with Crippen LogP contribution in [0, 0.1) is 6.92 Å². The summed E-state index contributed by atoms with van der Waals surface area (Å²) in [6, 6.07) is 4.74. The van der Waals surface area contributed by atoms with Crippen molar-refractivity contribution in [3.8, 4) is 0 Å². The molecule has 1 aromatic carbocycles. The first-order valence-corrected chi connectivity index (χ1v) is 8.64. The highest BCUT2D eigenvalue weighted by Gasteiger charge is 2.33. The third kappa shape index (κ3) is 2.39. The molecule has 122 valence electrons. The number of aromatic carboxylic acids is 1. The quantitative estimate of drug-likeness (QED) is 0.919. The molecular formula is C15H17N3O4S. The zero-order valence-electron chi connectivity index (χ0n) is 12.9. The van der Waals surface area contributed by atoms with Crippen LogP contribution in [0.15, 0.2) is 29.3 Å². The van der Waals surface area contributed by atoms with Gasteiger partial charge in [0, 0.05) is 13.6 Å². The average molecular weight is 335 g/mol. The zero-order valence-corrected chi connectivity index (χ0v) is 13.7. The fraction of sp³-hybridized carbons (Fsp3) is 0.333. The Balaban J connectivity index is 2.16. The van der Waals surface area contributed by atoms with E-state index in [0.29, 0.717) is 36.3 Å². The van der Waals surface area contributed by atoms with Gasteiger partial charge in [-0.1, -0.05) is 6.07 Å². The molecule has 0 bridgehead atoms. The largest absolute Gasteiger partial charge is 0.478 e. The number of fused-ring (bicyclic) bond motifs is 1. The number of sulfonamides is 1. The van der Waals surface area contributed by atoms with E-state index in [-0.39, 0.29) is 10.5 Å². The monoisotopic (exact) mass is 335 g/mol. The molecule has 0 spiro atoms. The van der Waals surface area contributed by atoms with E-state index in [1.54, 1.807) is 26.1 Å². The summed E-state index contributed by atoms with van der Waals surface area (Å²) in [5.74, 6) is -1.04. The van der Waals surface area contributed by atoms with E-state index >= 15 is 0 Å². The highest BCUT2D eigenvalue weighted by molar-refractivity contribution is 7.92. The van der Waals surface area contributed by atoms with Crippen LogP contribution >= 0.6 is 0 Å². The maximum absolute atomic E-state index is 13.0. The van der Waals surface area contributed by atoms with Crippen molar-refractivity contribution in [3.05, 3.63) is 41.2 Å². The van der Waals surface area contributed by atoms with Crippen molar-refractivity contribution in [2.75, 3.05) is 10.8 Å². The fourth-order valence-corrected chi connectivity index (χ4v) is 4.61.